The highest BCUT2D eigenvalue weighted by Gasteiger charge is 2.34. The van der Waals surface area contributed by atoms with Crippen LogP contribution in [0.25, 0.3) is 28.5 Å². The summed E-state index contributed by atoms with van der Waals surface area (Å²) in [5.41, 5.74) is 16.1. The molecule has 0 bridgehead atoms. The topological polar surface area (TPSA) is 86.8 Å². The van der Waals surface area contributed by atoms with Crippen LogP contribution in [0.4, 0.5) is 0 Å². The number of aromatic nitrogens is 1. The number of pyridine rings is 1. The molecule has 1 aliphatic carbocycles. The highest BCUT2D eigenvalue weighted by atomic mass is 16.3. The number of aliphatic hydroxyl groups excluding tert-OH is 1. The molecule has 2 aliphatic heterocycles. The number of hydrogen-bond acceptors (Lipinski definition) is 6. The van der Waals surface area contributed by atoms with Crippen molar-refractivity contribution in [1.82, 2.24) is 15.3 Å². The van der Waals surface area contributed by atoms with Gasteiger partial charge in [0.1, 0.15) is 0 Å². The van der Waals surface area contributed by atoms with Gasteiger partial charge in [-0.05, 0) is 42.5 Å². The predicted octanol–water partition coefficient (Wildman–Crippen LogP) is 3.58. The molecule has 1 fully saturated rings. The smallest absolute Gasteiger partial charge is 0.225 e. The first kappa shape index (κ1) is 18.3. The van der Waals surface area contributed by atoms with Crippen molar-refractivity contribution in [2.75, 3.05) is 0 Å². The number of hydrazone groups is 1. The summed E-state index contributed by atoms with van der Waals surface area (Å²) in [5, 5.41) is 14.4. The zero-order valence-corrected chi connectivity index (χ0v) is 17.0. The molecule has 1 aromatic heterocycles. The molecule has 1 saturated carbocycles. The van der Waals surface area contributed by atoms with Gasteiger partial charge in [0.15, 0.2) is 5.84 Å². The Balaban J connectivity index is 1.50. The molecule has 0 spiro atoms. The SMILES string of the molecule is NC1(c2ccc(-c3nc4c(cc3-c3ccccc3)C3=NNC(O)N3C=C4)cc2)CCC1. The minimum atomic E-state index is -0.859. The number of benzene rings is 2. The van der Waals surface area contributed by atoms with E-state index in [9.17, 15) is 5.11 Å². The molecule has 6 nitrogen and oxygen atoms in total. The largest absolute Gasteiger partial charge is 0.355 e. The van der Waals surface area contributed by atoms with Crippen LogP contribution in [0.5, 0.6) is 0 Å². The van der Waals surface area contributed by atoms with Gasteiger partial charge < -0.3 is 10.8 Å². The second-order valence-corrected chi connectivity index (χ2v) is 8.43. The maximum atomic E-state index is 10.1. The van der Waals surface area contributed by atoms with Crippen LogP contribution < -0.4 is 11.2 Å². The first-order valence-corrected chi connectivity index (χ1v) is 10.6. The van der Waals surface area contributed by atoms with Gasteiger partial charge in [-0.25, -0.2) is 4.98 Å². The Morgan fingerprint density at radius 1 is 1.00 bits per heavy atom. The minimum absolute atomic E-state index is 0.176. The molecule has 1 unspecified atom stereocenters. The van der Waals surface area contributed by atoms with E-state index in [2.05, 4.69) is 53.0 Å². The first-order chi connectivity index (χ1) is 15.1. The quantitative estimate of drug-likeness (QED) is 0.616. The lowest BCUT2D eigenvalue weighted by atomic mass is 9.72. The second-order valence-electron chi connectivity index (χ2n) is 8.43. The molecule has 4 N–H and O–H groups in total. The molecule has 154 valence electrons. The van der Waals surface area contributed by atoms with Crippen molar-refractivity contribution in [2.24, 2.45) is 10.8 Å². The van der Waals surface area contributed by atoms with Crippen molar-refractivity contribution in [3.8, 4) is 22.4 Å². The average molecular weight is 409 g/mol. The fourth-order valence-corrected chi connectivity index (χ4v) is 4.55. The standard InChI is InChI=1S/C25H23N5O/c26-25(12-4-13-25)18-9-7-17(8-10-18)22-19(16-5-2-1-3-6-16)15-20-21(27-22)11-14-30-23(20)28-29-24(30)31/h1-3,5-11,14-15,24,29,31H,4,12-13,26H2. The number of nitrogens with one attached hydrogen (secondary N) is 1. The highest BCUT2D eigenvalue weighted by Crippen LogP contribution is 2.40. The maximum Gasteiger partial charge on any atom is 0.225 e. The van der Waals surface area contributed by atoms with Gasteiger partial charge >= 0.3 is 0 Å². The molecule has 31 heavy (non-hydrogen) atoms. The van der Waals surface area contributed by atoms with Crippen LogP contribution in [0, 0.1) is 0 Å². The summed E-state index contributed by atoms with van der Waals surface area (Å²) in [4.78, 5) is 6.74. The van der Waals surface area contributed by atoms with Gasteiger partial charge in [0.05, 0.1) is 11.4 Å². The van der Waals surface area contributed by atoms with Gasteiger partial charge in [-0.3, -0.25) is 10.3 Å². The van der Waals surface area contributed by atoms with E-state index in [-0.39, 0.29) is 5.54 Å². The van der Waals surface area contributed by atoms with Gasteiger partial charge in [0, 0.05) is 28.4 Å². The summed E-state index contributed by atoms with van der Waals surface area (Å²) in [6.07, 6.45) is 6.15. The summed E-state index contributed by atoms with van der Waals surface area (Å²) < 4.78 is 0. The first-order valence-electron chi connectivity index (χ1n) is 10.6. The highest BCUT2D eigenvalue weighted by molar-refractivity contribution is 6.06. The Morgan fingerprint density at radius 3 is 2.48 bits per heavy atom. The predicted molar refractivity (Wildman–Crippen MR) is 121 cm³/mol. The van der Waals surface area contributed by atoms with Crippen LogP contribution in [0.2, 0.25) is 0 Å². The molecular formula is C25H23N5O. The molecule has 2 aromatic carbocycles. The van der Waals surface area contributed by atoms with Crippen LogP contribution in [-0.2, 0) is 5.54 Å². The fraction of sp³-hybridized carbons (Fsp3) is 0.200. The Hall–Kier alpha value is -3.48. The normalized spacial score (nSPS) is 20.4. The Morgan fingerprint density at radius 2 is 1.77 bits per heavy atom. The number of nitrogens with two attached hydrogens (primary N) is 1. The number of amidine groups is 1. The second kappa shape index (κ2) is 6.77. The molecule has 6 rings (SSSR count). The van der Waals surface area contributed by atoms with Gasteiger partial charge in [-0.2, -0.15) is 5.10 Å². The number of aliphatic hydroxyl groups is 1. The molecule has 3 aromatic rings. The van der Waals surface area contributed by atoms with Gasteiger partial charge in [-0.1, -0.05) is 54.6 Å². The number of rotatable bonds is 3. The van der Waals surface area contributed by atoms with Crippen molar-refractivity contribution in [3.63, 3.8) is 0 Å². The average Bonchev–Trinajstić information content (AvgIpc) is 3.18. The van der Waals surface area contributed by atoms with E-state index in [1.165, 1.54) is 12.0 Å². The van der Waals surface area contributed by atoms with Crippen LogP contribution in [0.15, 0.2) is 72.0 Å². The summed E-state index contributed by atoms with van der Waals surface area (Å²) in [6.45, 7) is 0. The summed E-state index contributed by atoms with van der Waals surface area (Å²) in [7, 11) is 0. The van der Waals surface area contributed by atoms with E-state index in [1.807, 2.05) is 30.5 Å². The Bertz CT molecular complexity index is 1210. The Labute approximate surface area is 180 Å². The summed E-state index contributed by atoms with van der Waals surface area (Å²) in [5.74, 6) is 0.673. The lowest BCUT2D eigenvalue weighted by Crippen LogP contribution is -2.43. The third-order valence-electron chi connectivity index (χ3n) is 6.54. The van der Waals surface area contributed by atoms with Crippen LogP contribution in [0.1, 0.15) is 36.1 Å². The van der Waals surface area contributed by atoms with Crippen molar-refractivity contribution >= 4 is 11.9 Å². The zero-order chi connectivity index (χ0) is 21.0. The number of fused-ring (bicyclic) bond motifs is 3. The molecule has 3 heterocycles. The lowest BCUT2D eigenvalue weighted by molar-refractivity contribution is 0.0675. The summed E-state index contributed by atoms with van der Waals surface area (Å²) >= 11 is 0. The van der Waals surface area contributed by atoms with E-state index >= 15 is 0 Å². The zero-order valence-electron chi connectivity index (χ0n) is 17.0. The van der Waals surface area contributed by atoms with Crippen LogP contribution >= 0.6 is 0 Å². The fourth-order valence-electron chi connectivity index (χ4n) is 4.55. The van der Waals surface area contributed by atoms with E-state index in [1.54, 1.807) is 4.90 Å². The summed E-state index contributed by atoms with van der Waals surface area (Å²) in [6, 6.07) is 20.9. The van der Waals surface area contributed by atoms with Crippen molar-refractivity contribution in [3.05, 3.63) is 83.7 Å². The number of hydrogen-bond donors (Lipinski definition) is 3. The maximum absolute atomic E-state index is 10.1. The minimum Gasteiger partial charge on any atom is -0.355 e. The monoisotopic (exact) mass is 409 g/mol. The molecule has 1 atom stereocenters. The number of nitrogens with zero attached hydrogens (tertiary/aromatic N) is 3. The van der Waals surface area contributed by atoms with Gasteiger partial charge in [-0.15, -0.1) is 0 Å². The van der Waals surface area contributed by atoms with E-state index in [4.69, 9.17) is 10.7 Å². The van der Waals surface area contributed by atoms with E-state index in [0.717, 1.165) is 46.5 Å². The molecule has 6 heteroatoms. The molecule has 0 radical (unpaired) electrons. The molecular weight excluding hydrogens is 386 g/mol. The van der Waals surface area contributed by atoms with Crippen LogP contribution in [0.3, 0.4) is 0 Å². The van der Waals surface area contributed by atoms with Gasteiger partial charge in [0.25, 0.3) is 0 Å². The van der Waals surface area contributed by atoms with Crippen molar-refractivity contribution in [2.45, 2.75) is 31.2 Å². The third kappa shape index (κ3) is 2.87. The molecule has 3 aliphatic rings. The van der Waals surface area contributed by atoms with Crippen LogP contribution in [-0.4, -0.2) is 27.2 Å². The van der Waals surface area contributed by atoms with Crippen molar-refractivity contribution < 1.29 is 5.11 Å². The van der Waals surface area contributed by atoms with Crippen molar-refractivity contribution in [1.29, 1.82) is 0 Å². The van der Waals surface area contributed by atoms with E-state index in [0.29, 0.717) is 5.84 Å². The van der Waals surface area contributed by atoms with E-state index < -0.39 is 6.35 Å². The molecule has 0 amide bonds. The third-order valence-corrected chi connectivity index (χ3v) is 6.54. The lowest BCUT2D eigenvalue weighted by Gasteiger charge is -2.38. The van der Waals surface area contributed by atoms with Gasteiger partial charge in [0.2, 0.25) is 6.35 Å². The Kier molecular flexibility index (Phi) is 4.00. The molecule has 0 saturated heterocycles.